The van der Waals surface area contributed by atoms with E-state index in [9.17, 15) is 9.59 Å². The highest BCUT2D eigenvalue weighted by Crippen LogP contribution is 2.28. The second-order valence-electron chi connectivity index (χ2n) is 7.15. The summed E-state index contributed by atoms with van der Waals surface area (Å²) in [6, 6.07) is 13.3. The molecule has 0 saturated carbocycles. The molecule has 140 valence electrons. The van der Waals surface area contributed by atoms with Crippen LogP contribution in [0.3, 0.4) is 0 Å². The summed E-state index contributed by atoms with van der Waals surface area (Å²) in [6.07, 6.45) is 2.81. The van der Waals surface area contributed by atoms with Crippen molar-refractivity contribution < 1.29 is 9.59 Å². The summed E-state index contributed by atoms with van der Waals surface area (Å²) in [6.45, 7) is 4.84. The Hall–Kier alpha value is -2.89. The van der Waals surface area contributed by atoms with Gasteiger partial charge in [-0.25, -0.2) is 4.98 Å². The van der Waals surface area contributed by atoms with Gasteiger partial charge in [0.05, 0.1) is 0 Å². The normalized spacial score (nSPS) is 20.3. The minimum Gasteiger partial charge on any atom is -0.353 e. The molecule has 6 heteroatoms. The second kappa shape index (κ2) is 7.39. The first-order chi connectivity index (χ1) is 13.1. The minimum atomic E-state index is -0.387. The molecule has 2 amide bonds. The van der Waals surface area contributed by atoms with Gasteiger partial charge >= 0.3 is 0 Å². The van der Waals surface area contributed by atoms with Gasteiger partial charge in [0.2, 0.25) is 11.8 Å². The molecule has 0 radical (unpaired) electrons. The predicted molar refractivity (Wildman–Crippen MR) is 105 cm³/mol. The number of amides is 2. The van der Waals surface area contributed by atoms with E-state index in [0.29, 0.717) is 25.9 Å². The maximum atomic E-state index is 13.1. The number of hydrogen-bond acceptors (Lipinski definition) is 4. The number of aryl methyl sites for hydroxylation is 1. The highest BCUT2D eigenvalue weighted by atomic mass is 16.2. The molecular formula is C21H24N4O2. The van der Waals surface area contributed by atoms with Gasteiger partial charge in [0.25, 0.3) is 0 Å². The van der Waals surface area contributed by atoms with Crippen LogP contribution in [0.1, 0.15) is 18.4 Å². The zero-order valence-corrected chi connectivity index (χ0v) is 15.5. The van der Waals surface area contributed by atoms with Crippen LogP contribution in [-0.4, -0.2) is 53.9 Å². The summed E-state index contributed by atoms with van der Waals surface area (Å²) in [5.74, 6) is 1.04. The first kappa shape index (κ1) is 17.5. The Labute approximate surface area is 159 Å². The predicted octanol–water partition coefficient (Wildman–Crippen LogP) is 2.23. The van der Waals surface area contributed by atoms with Gasteiger partial charge in [0.1, 0.15) is 11.9 Å². The molecule has 2 fully saturated rings. The summed E-state index contributed by atoms with van der Waals surface area (Å²) in [7, 11) is 0. The molecule has 2 aromatic rings. The van der Waals surface area contributed by atoms with Crippen molar-refractivity contribution in [1.29, 1.82) is 0 Å². The lowest BCUT2D eigenvalue weighted by Gasteiger charge is -2.37. The minimum absolute atomic E-state index is 0.0318. The molecule has 0 aliphatic carbocycles. The van der Waals surface area contributed by atoms with Crippen LogP contribution in [0.25, 0.3) is 0 Å². The fourth-order valence-electron chi connectivity index (χ4n) is 3.85. The Morgan fingerprint density at radius 3 is 2.44 bits per heavy atom. The average molecular weight is 364 g/mol. The molecule has 0 N–H and O–H groups in total. The smallest absolute Gasteiger partial charge is 0.245 e. The van der Waals surface area contributed by atoms with E-state index < -0.39 is 0 Å². The molecule has 4 rings (SSSR count). The third-order valence-electron chi connectivity index (χ3n) is 5.37. The maximum Gasteiger partial charge on any atom is 0.245 e. The molecule has 1 unspecified atom stereocenters. The maximum absolute atomic E-state index is 13.1. The summed E-state index contributed by atoms with van der Waals surface area (Å²) in [5.41, 5.74) is 1.95. The lowest BCUT2D eigenvalue weighted by Crippen LogP contribution is -2.54. The molecule has 1 aromatic heterocycles. The van der Waals surface area contributed by atoms with Crippen molar-refractivity contribution in [2.75, 3.05) is 36.0 Å². The number of anilines is 2. The van der Waals surface area contributed by atoms with E-state index in [-0.39, 0.29) is 17.9 Å². The van der Waals surface area contributed by atoms with Crippen molar-refractivity contribution in [3.63, 3.8) is 0 Å². The van der Waals surface area contributed by atoms with Crippen molar-refractivity contribution in [3.05, 3.63) is 54.2 Å². The van der Waals surface area contributed by atoms with Crippen molar-refractivity contribution in [2.24, 2.45) is 0 Å². The van der Waals surface area contributed by atoms with Gasteiger partial charge in [-0.15, -0.1) is 0 Å². The first-order valence-corrected chi connectivity index (χ1v) is 9.47. The van der Waals surface area contributed by atoms with Gasteiger partial charge in [-0.1, -0.05) is 23.8 Å². The number of carbonyl (C=O) groups excluding carboxylic acids is 2. The van der Waals surface area contributed by atoms with E-state index in [2.05, 4.69) is 9.88 Å². The van der Waals surface area contributed by atoms with Crippen LogP contribution in [0.15, 0.2) is 48.7 Å². The van der Waals surface area contributed by atoms with Gasteiger partial charge in [0, 0.05) is 44.5 Å². The SMILES string of the molecule is Cc1ccc(N2C(=O)CCC2C(=O)N2CCN(c3ccccn3)CC2)cc1. The van der Waals surface area contributed by atoms with Crippen molar-refractivity contribution in [2.45, 2.75) is 25.8 Å². The quantitative estimate of drug-likeness (QED) is 0.838. The lowest BCUT2D eigenvalue weighted by molar-refractivity contribution is -0.133. The standard InChI is InChI=1S/C21H24N4O2/c1-16-5-7-17(8-6-16)25-18(9-10-20(25)26)21(27)24-14-12-23(13-15-24)19-4-2-3-11-22-19/h2-8,11,18H,9-10,12-15H2,1H3. The van der Waals surface area contributed by atoms with E-state index >= 15 is 0 Å². The molecular weight excluding hydrogens is 340 g/mol. The fourth-order valence-corrected chi connectivity index (χ4v) is 3.85. The summed E-state index contributed by atoms with van der Waals surface area (Å²) < 4.78 is 0. The van der Waals surface area contributed by atoms with Crippen LogP contribution >= 0.6 is 0 Å². The van der Waals surface area contributed by atoms with Crippen molar-refractivity contribution in [3.8, 4) is 0 Å². The molecule has 1 aromatic carbocycles. The highest BCUT2D eigenvalue weighted by Gasteiger charge is 2.39. The Morgan fingerprint density at radius 2 is 1.78 bits per heavy atom. The molecule has 2 aliphatic rings. The van der Waals surface area contributed by atoms with Gasteiger partial charge < -0.3 is 9.80 Å². The van der Waals surface area contributed by atoms with E-state index in [0.717, 1.165) is 30.2 Å². The number of rotatable bonds is 3. The van der Waals surface area contributed by atoms with Crippen LogP contribution < -0.4 is 9.80 Å². The third-order valence-corrected chi connectivity index (χ3v) is 5.37. The average Bonchev–Trinajstić information content (AvgIpc) is 3.10. The van der Waals surface area contributed by atoms with Crippen LogP contribution in [0.4, 0.5) is 11.5 Å². The Bertz CT molecular complexity index is 814. The van der Waals surface area contributed by atoms with E-state index in [4.69, 9.17) is 0 Å². The number of carbonyl (C=O) groups is 2. The number of piperazine rings is 1. The molecule has 2 saturated heterocycles. The zero-order valence-electron chi connectivity index (χ0n) is 15.5. The molecule has 6 nitrogen and oxygen atoms in total. The number of hydrogen-bond donors (Lipinski definition) is 0. The first-order valence-electron chi connectivity index (χ1n) is 9.47. The van der Waals surface area contributed by atoms with Crippen LogP contribution in [-0.2, 0) is 9.59 Å². The number of nitrogens with zero attached hydrogens (tertiary/aromatic N) is 4. The fraction of sp³-hybridized carbons (Fsp3) is 0.381. The van der Waals surface area contributed by atoms with Gasteiger partial charge in [-0.3, -0.25) is 14.5 Å². The summed E-state index contributed by atoms with van der Waals surface area (Å²) in [5, 5.41) is 0. The Kier molecular flexibility index (Phi) is 4.79. The topological polar surface area (TPSA) is 56.8 Å². The largest absolute Gasteiger partial charge is 0.353 e. The van der Waals surface area contributed by atoms with Crippen LogP contribution in [0.5, 0.6) is 0 Å². The Balaban J connectivity index is 1.44. The van der Waals surface area contributed by atoms with Crippen LogP contribution in [0.2, 0.25) is 0 Å². The molecule has 0 bridgehead atoms. The summed E-state index contributed by atoms with van der Waals surface area (Å²) in [4.78, 5) is 35.7. The molecule has 27 heavy (non-hydrogen) atoms. The molecule has 0 spiro atoms. The van der Waals surface area contributed by atoms with Crippen LogP contribution in [0, 0.1) is 6.92 Å². The monoisotopic (exact) mass is 364 g/mol. The molecule has 2 aliphatic heterocycles. The van der Waals surface area contributed by atoms with E-state index in [1.165, 1.54) is 0 Å². The highest BCUT2D eigenvalue weighted by molar-refractivity contribution is 6.03. The summed E-state index contributed by atoms with van der Waals surface area (Å²) >= 11 is 0. The van der Waals surface area contributed by atoms with Gasteiger partial charge in [0.15, 0.2) is 0 Å². The number of aromatic nitrogens is 1. The van der Waals surface area contributed by atoms with Gasteiger partial charge in [-0.05, 0) is 37.6 Å². The number of benzene rings is 1. The molecule has 3 heterocycles. The second-order valence-corrected chi connectivity index (χ2v) is 7.15. The van der Waals surface area contributed by atoms with Crippen molar-refractivity contribution >= 4 is 23.3 Å². The van der Waals surface area contributed by atoms with E-state index in [1.807, 2.05) is 54.3 Å². The Morgan fingerprint density at radius 1 is 1.04 bits per heavy atom. The van der Waals surface area contributed by atoms with Gasteiger partial charge in [-0.2, -0.15) is 0 Å². The third kappa shape index (κ3) is 3.52. The lowest BCUT2D eigenvalue weighted by atomic mass is 10.1. The zero-order chi connectivity index (χ0) is 18.8. The van der Waals surface area contributed by atoms with E-state index in [1.54, 1.807) is 11.1 Å². The van der Waals surface area contributed by atoms with Crippen molar-refractivity contribution in [1.82, 2.24) is 9.88 Å². The number of pyridine rings is 1. The molecule has 1 atom stereocenters.